The molecular formula is C26H23N3O3. The van der Waals surface area contributed by atoms with Crippen LogP contribution in [0.1, 0.15) is 23.6 Å². The number of nitrogens with zero attached hydrogens (tertiary/aromatic N) is 1. The van der Waals surface area contributed by atoms with Gasteiger partial charge in [0.1, 0.15) is 5.70 Å². The van der Waals surface area contributed by atoms with E-state index < -0.39 is 11.8 Å². The first-order valence-electron chi connectivity index (χ1n) is 10.3. The zero-order valence-electron chi connectivity index (χ0n) is 18.1. The van der Waals surface area contributed by atoms with Crippen LogP contribution in [0.25, 0.3) is 5.57 Å². The first-order valence-corrected chi connectivity index (χ1v) is 10.3. The Bertz CT molecular complexity index is 1250. The Morgan fingerprint density at radius 1 is 0.812 bits per heavy atom. The highest BCUT2D eigenvalue weighted by Crippen LogP contribution is 2.35. The quantitative estimate of drug-likeness (QED) is 0.583. The van der Waals surface area contributed by atoms with E-state index in [-0.39, 0.29) is 17.2 Å². The number of amides is 3. The van der Waals surface area contributed by atoms with Gasteiger partial charge in [-0.15, -0.1) is 0 Å². The number of rotatable bonds is 5. The summed E-state index contributed by atoms with van der Waals surface area (Å²) in [6.45, 7) is 5.23. The Morgan fingerprint density at radius 3 is 2.16 bits per heavy atom. The molecule has 6 heteroatoms. The molecule has 0 radical (unpaired) electrons. The number of hydrogen-bond donors (Lipinski definition) is 2. The average molecular weight is 425 g/mol. The number of benzene rings is 3. The summed E-state index contributed by atoms with van der Waals surface area (Å²) in [4.78, 5) is 39.6. The molecule has 1 aliphatic rings. The van der Waals surface area contributed by atoms with Crippen molar-refractivity contribution in [1.82, 2.24) is 0 Å². The summed E-state index contributed by atoms with van der Waals surface area (Å²) >= 11 is 0. The van der Waals surface area contributed by atoms with E-state index in [1.54, 1.807) is 24.3 Å². The van der Waals surface area contributed by atoms with E-state index in [4.69, 9.17) is 0 Å². The minimum Gasteiger partial charge on any atom is -0.350 e. The molecule has 6 nitrogen and oxygen atoms in total. The van der Waals surface area contributed by atoms with Crippen LogP contribution in [0, 0.1) is 13.8 Å². The van der Waals surface area contributed by atoms with Crippen LogP contribution < -0.4 is 15.5 Å². The largest absolute Gasteiger partial charge is 0.350 e. The van der Waals surface area contributed by atoms with E-state index in [2.05, 4.69) is 10.6 Å². The number of carbonyl (C=O) groups excluding carboxylic acids is 3. The van der Waals surface area contributed by atoms with Gasteiger partial charge >= 0.3 is 0 Å². The molecule has 0 bridgehead atoms. The summed E-state index contributed by atoms with van der Waals surface area (Å²) in [5, 5.41) is 5.86. The molecule has 0 spiro atoms. The Hall–Kier alpha value is -4.19. The van der Waals surface area contributed by atoms with Crippen LogP contribution in [0.3, 0.4) is 0 Å². The number of carbonyl (C=O) groups is 3. The van der Waals surface area contributed by atoms with Crippen LogP contribution in [0.4, 0.5) is 17.1 Å². The zero-order valence-corrected chi connectivity index (χ0v) is 18.1. The fraction of sp³-hybridized carbons (Fsp3) is 0.115. The van der Waals surface area contributed by atoms with Crippen molar-refractivity contribution in [1.29, 1.82) is 0 Å². The van der Waals surface area contributed by atoms with Crippen LogP contribution in [0.5, 0.6) is 0 Å². The van der Waals surface area contributed by atoms with Gasteiger partial charge in [0.15, 0.2) is 0 Å². The Kier molecular flexibility index (Phi) is 5.60. The number of aryl methyl sites for hydroxylation is 2. The maximum Gasteiger partial charge on any atom is 0.282 e. The van der Waals surface area contributed by atoms with Gasteiger partial charge in [0, 0.05) is 18.3 Å². The van der Waals surface area contributed by atoms with Gasteiger partial charge in [-0.3, -0.25) is 14.4 Å². The third-order valence-corrected chi connectivity index (χ3v) is 5.23. The standard InChI is InChI=1S/C26H23N3O3/c1-16-9-10-17(2)22(15-16)29-25(31)23(19-11-13-21(14-12-19)27-18(3)30)24(26(29)32)28-20-7-5-4-6-8-20/h4-15,28H,1-3H3,(H,27,30). The van der Waals surface area contributed by atoms with Crippen LogP contribution in [0.2, 0.25) is 0 Å². The molecule has 3 amide bonds. The first kappa shape index (κ1) is 21.1. The van der Waals surface area contributed by atoms with Crippen LogP contribution in [0.15, 0.2) is 78.5 Å². The number of para-hydroxylation sites is 1. The second-order valence-electron chi connectivity index (χ2n) is 7.74. The molecular weight excluding hydrogens is 402 g/mol. The Morgan fingerprint density at radius 2 is 1.50 bits per heavy atom. The smallest absolute Gasteiger partial charge is 0.282 e. The molecule has 0 saturated heterocycles. The molecule has 1 aliphatic heterocycles. The predicted octanol–water partition coefficient (Wildman–Crippen LogP) is 4.66. The molecule has 0 aliphatic carbocycles. The SMILES string of the molecule is CC(=O)Nc1ccc(C2=C(Nc3ccccc3)C(=O)N(c3cc(C)ccc3C)C2=O)cc1. The summed E-state index contributed by atoms with van der Waals surface area (Å²) in [6.07, 6.45) is 0. The van der Waals surface area contributed by atoms with Crippen molar-refractivity contribution in [3.8, 4) is 0 Å². The maximum absolute atomic E-state index is 13.6. The van der Waals surface area contributed by atoms with Crippen LogP contribution in [-0.4, -0.2) is 17.7 Å². The third kappa shape index (κ3) is 4.03. The predicted molar refractivity (Wildman–Crippen MR) is 126 cm³/mol. The van der Waals surface area contributed by atoms with Crippen molar-refractivity contribution < 1.29 is 14.4 Å². The molecule has 160 valence electrons. The fourth-order valence-corrected chi connectivity index (χ4v) is 3.68. The second kappa shape index (κ2) is 8.51. The van der Waals surface area contributed by atoms with Crippen molar-refractivity contribution in [3.05, 3.63) is 95.2 Å². The van der Waals surface area contributed by atoms with Gasteiger partial charge in [-0.1, -0.05) is 42.5 Å². The van der Waals surface area contributed by atoms with E-state index >= 15 is 0 Å². The average Bonchev–Trinajstić information content (AvgIpc) is 3.00. The van der Waals surface area contributed by atoms with Crippen molar-refractivity contribution in [2.75, 3.05) is 15.5 Å². The van der Waals surface area contributed by atoms with Crippen molar-refractivity contribution in [2.24, 2.45) is 0 Å². The molecule has 0 fully saturated rings. The lowest BCUT2D eigenvalue weighted by molar-refractivity contribution is -0.120. The van der Waals surface area contributed by atoms with Gasteiger partial charge in [0.05, 0.1) is 11.3 Å². The first-order chi connectivity index (χ1) is 15.3. The molecule has 3 aromatic rings. The van der Waals surface area contributed by atoms with Gasteiger partial charge in [0.25, 0.3) is 11.8 Å². The van der Waals surface area contributed by atoms with E-state index in [0.29, 0.717) is 22.6 Å². The van der Waals surface area contributed by atoms with Gasteiger partial charge < -0.3 is 10.6 Å². The monoisotopic (exact) mass is 425 g/mol. The lowest BCUT2D eigenvalue weighted by Gasteiger charge is -2.18. The minimum absolute atomic E-state index is 0.184. The number of nitrogens with one attached hydrogen (secondary N) is 2. The number of imide groups is 1. The molecule has 1 heterocycles. The molecule has 0 aromatic heterocycles. The summed E-state index contributed by atoms with van der Waals surface area (Å²) < 4.78 is 0. The summed E-state index contributed by atoms with van der Waals surface area (Å²) in [6, 6.07) is 21.8. The molecule has 0 unspecified atom stereocenters. The number of anilines is 3. The zero-order chi connectivity index (χ0) is 22.8. The summed E-state index contributed by atoms with van der Waals surface area (Å²) in [5.74, 6) is -0.987. The van der Waals surface area contributed by atoms with Gasteiger partial charge in [0.2, 0.25) is 5.91 Å². The lowest BCUT2D eigenvalue weighted by atomic mass is 10.0. The highest BCUT2D eigenvalue weighted by molar-refractivity contribution is 6.46. The normalized spacial score (nSPS) is 13.5. The molecule has 3 aromatic carbocycles. The van der Waals surface area contributed by atoms with Gasteiger partial charge in [-0.25, -0.2) is 4.90 Å². The van der Waals surface area contributed by atoms with E-state index in [1.165, 1.54) is 11.8 Å². The maximum atomic E-state index is 13.6. The highest BCUT2D eigenvalue weighted by atomic mass is 16.2. The molecule has 32 heavy (non-hydrogen) atoms. The summed E-state index contributed by atoms with van der Waals surface area (Å²) in [5.41, 5.74) is 4.77. The van der Waals surface area contributed by atoms with Crippen LogP contribution in [-0.2, 0) is 14.4 Å². The van der Waals surface area contributed by atoms with E-state index in [9.17, 15) is 14.4 Å². The molecule has 0 atom stereocenters. The third-order valence-electron chi connectivity index (χ3n) is 5.23. The van der Waals surface area contributed by atoms with Crippen molar-refractivity contribution in [2.45, 2.75) is 20.8 Å². The van der Waals surface area contributed by atoms with Gasteiger partial charge in [-0.2, -0.15) is 0 Å². The summed E-state index contributed by atoms with van der Waals surface area (Å²) in [7, 11) is 0. The fourth-order valence-electron chi connectivity index (χ4n) is 3.68. The molecule has 2 N–H and O–H groups in total. The topological polar surface area (TPSA) is 78.5 Å². The lowest BCUT2D eigenvalue weighted by Crippen LogP contribution is -2.33. The molecule has 0 saturated carbocycles. The highest BCUT2D eigenvalue weighted by Gasteiger charge is 2.40. The minimum atomic E-state index is -0.409. The van der Waals surface area contributed by atoms with E-state index in [0.717, 1.165) is 11.1 Å². The Balaban J connectivity index is 1.81. The van der Waals surface area contributed by atoms with Crippen molar-refractivity contribution >= 4 is 40.4 Å². The van der Waals surface area contributed by atoms with Gasteiger partial charge in [-0.05, 0) is 60.9 Å². The van der Waals surface area contributed by atoms with Crippen molar-refractivity contribution in [3.63, 3.8) is 0 Å². The molecule has 4 rings (SSSR count). The second-order valence-corrected chi connectivity index (χ2v) is 7.74. The number of hydrogen-bond acceptors (Lipinski definition) is 4. The van der Waals surface area contributed by atoms with E-state index in [1.807, 2.05) is 62.4 Å². The van der Waals surface area contributed by atoms with Crippen LogP contribution >= 0.6 is 0 Å². The Labute approximate surface area is 186 Å².